The van der Waals surface area contributed by atoms with Crippen LogP contribution in [0, 0.1) is 0 Å². The van der Waals surface area contributed by atoms with Crippen LogP contribution in [-0.4, -0.2) is 49.7 Å². The number of carbonyl (C=O) groups excluding carboxylic acids is 1. The standard InChI is InChI=1S/C20H22ClN3O3S/c1-14-18-12-17(6-7-19(18)22-20(14)25)28(26,27)24-10-8-23(9-11-24)13-15-2-4-16(21)5-3-15/h2-7,12,14H,8-11,13H2,1H3,(H,22,25)/t14-/m1/s1. The maximum atomic E-state index is 13.1. The highest BCUT2D eigenvalue weighted by atomic mass is 35.5. The summed E-state index contributed by atoms with van der Waals surface area (Å²) >= 11 is 5.92. The molecule has 2 heterocycles. The number of amides is 1. The molecule has 0 unspecified atom stereocenters. The van der Waals surface area contributed by atoms with Crippen molar-refractivity contribution in [2.24, 2.45) is 0 Å². The Morgan fingerprint density at radius 2 is 1.75 bits per heavy atom. The summed E-state index contributed by atoms with van der Waals surface area (Å²) in [4.78, 5) is 14.3. The first-order chi connectivity index (χ1) is 13.3. The van der Waals surface area contributed by atoms with Gasteiger partial charge >= 0.3 is 0 Å². The Morgan fingerprint density at radius 3 is 2.43 bits per heavy atom. The van der Waals surface area contributed by atoms with E-state index in [-0.39, 0.29) is 16.7 Å². The van der Waals surface area contributed by atoms with Gasteiger partial charge in [0.05, 0.1) is 10.8 Å². The van der Waals surface area contributed by atoms with Crippen molar-refractivity contribution in [3.8, 4) is 0 Å². The number of nitrogens with zero attached hydrogens (tertiary/aromatic N) is 2. The first-order valence-electron chi connectivity index (χ1n) is 9.26. The number of sulfonamides is 1. The second-order valence-corrected chi connectivity index (χ2v) is 9.64. The van der Waals surface area contributed by atoms with Gasteiger partial charge in [0.15, 0.2) is 0 Å². The Bertz CT molecular complexity index is 1000. The summed E-state index contributed by atoms with van der Waals surface area (Å²) in [6.07, 6.45) is 0. The molecule has 0 radical (unpaired) electrons. The summed E-state index contributed by atoms with van der Waals surface area (Å²) in [6, 6.07) is 12.6. The molecule has 0 aliphatic carbocycles. The molecule has 8 heteroatoms. The van der Waals surface area contributed by atoms with E-state index in [1.807, 2.05) is 24.3 Å². The molecule has 2 aromatic carbocycles. The summed E-state index contributed by atoms with van der Waals surface area (Å²) in [7, 11) is -3.58. The number of halogens is 1. The second kappa shape index (κ2) is 7.48. The van der Waals surface area contributed by atoms with Crippen LogP contribution >= 0.6 is 11.6 Å². The SMILES string of the molecule is C[C@H]1C(=O)Nc2ccc(S(=O)(=O)N3CCN(Cc4ccc(Cl)cc4)CC3)cc21. The highest BCUT2D eigenvalue weighted by Crippen LogP contribution is 2.34. The normalized spacial score (nSPS) is 20.8. The van der Waals surface area contributed by atoms with E-state index in [0.717, 1.165) is 17.7 Å². The number of anilines is 1. The molecule has 2 aromatic rings. The molecule has 0 saturated carbocycles. The largest absolute Gasteiger partial charge is 0.325 e. The predicted octanol–water partition coefficient (Wildman–Crippen LogP) is 2.90. The molecular weight excluding hydrogens is 398 g/mol. The van der Waals surface area contributed by atoms with Crippen LogP contribution < -0.4 is 5.32 Å². The van der Waals surface area contributed by atoms with Crippen molar-refractivity contribution in [2.75, 3.05) is 31.5 Å². The molecule has 1 N–H and O–H groups in total. The molecule has 1 atom stereocenters. The zero-order chi connectivity index (χ0) is 19.9. The number of carbonyl (C=O) groups is 1. The molecule has 148 valence electrons. The van der Waals surface area contributed by atoms with Crippen LogP contribution in [0.2, 0.25) is 5.02 Å². The van der Waals surface area contributed by atoms with E-state index < -0.39 is 10.0 Å². The predicted molar refractivity (Wildman–Crippen MR) is 109 cm³/mol. The highest BCUT2D eigenvalue weighted by Gasteiger charge is 2.32. The van der Waals surface area contributed by atoms with Gasteiger partial charge < -0.3 is 5.32 Å². The Hall–Kier alpha value is -1.93. The maximum Gasteiger partial charge on any atom is 0.243 e. The molecule has 1 amide bonds. The third-order valence-electron chi connectivity index (χ3n) is 5.43. The van der Waals surface area contributed by atoms with Crippen LogP contribution in [0.15, 0.2) is 47.4 Å². The lowest BCUT2D eigenvalue weighted by atomic mass is 10.0. The summed E-state index contributed by atoms with van der Waals surface area (Å²) < 4.78 is 27.7. The molecule has 28 heavy (non-hydrogen) atoms. The molecule has 6 nitrogen and oxygen atoms in total. The third-order valence-corrected chi connectivity index (χ3v) is 7.58. The Labute approximate surface area is 170 Å². The fraction of sp³-hybridized carbons (Fsp3) is 0.350. The number of nitrogens with one attached hydrogen (secondary N) is 1. The van der Waals surface area contributed by atoms with Gasteiger partial charge in [-0.05, 0) is 48.4 Å². The molecule has 0 bridgehead atoms. The topological polar surface area (TPSA) is 69.7 Å². The molecule has 2 aliphatic heterocycles. The van der Waals surface area contributed by atoms with E-state index in [1.54, 1.807) is 25.1 Å². The van der Waals surface area contributed by atoms with Gasteiger partial charge in [0.25, 0.3) is 0 Å². The van der Waals surface area contributed by atoms with E-state index in [0.29, 0.717) is 36.9 Å². The van der Waals surface area contributed by atoms with Crippen LogP contribution in [0.1, 0.15) is 24.0 Å². The van der Waals surface area contributed by atoms with Gasteiger partial charge in [0.1, 0.15) is 0 Å². The number of hydrogen-bond acceptors (Lipinski definition) is 4. The fourth-order valence-electron chi connectivity index (χ4n) is 3.68. The highest BCUT2D eigenvalue weighted by molar-refractivity contribution is 7.89. The van der Waals surface area contributed by atoms with Crippen LogP contribution in [0.25, 0.3) is 0 Å². The van der Waals surface area contributed by atoms with Gasteiger partial charge in [-0.1, -0.05) is 23.7 Å². The van der Waals surface area contributed by atoms with Crippen molar-refractivity contribution in [1.82, 2.24) is 9.21 Å². The second-order valence-electron chi connectivity index (χ2n) is 7.27. The van der Waals surface area contributed by atoms with Gasteiger partial charge in [-0.2, -0.15) is 4.31 Å². The zero-order valence-electron chi connectivity index (χ0n) is 15.6. The third kappa shape index (κ3) is 3.67. The molecule has 0 aromatic heterocycles. The Balaban J connectivity index is 1.44. The minimum atomic E-state index is -3.58. The number of hydrogen-bond donors (Lipinski definition) is 1. The molecule has 2 aliphatic rings. The molecule has 1 fully saturated rings. The van der Waals surface area contributed by atoms with E-state index in [4.69, 9.17) is 11.6 Å². The van der Waals surface area contributed by atoms with Crippen molar-refractivity contribution < 1.29 is 13.2 Å². The minimum Gasteiger partial charge on any atom is -0.325 e. The van der Waals surface area contributed by atoms with Gasteiger partial charge in [-0.25, -0.2) is 8.42 Å². The van der Waals surface area contributed by atoms with Crippen molar-refractivity contribution in [3.05, 3.63) is 58.6 Å². The van der Waals surface area contributed by atoms with Gasteiger partial charge in [-0.3, -0.25) is 9.69 Å². The van der Waals surface area contributed by atoms with Gasteiger partial charge in [-0.15, -0.1) is 0 Å². The van der Waals surface area contributed by atoms with Crippen molar-refractivity contribution in [3.63, 3.8) is 0 Å². The van der Waals surface area contributed by atoms with Crippen LogP contribution in [0.4, 0.5) is 5.69 Å². The summed E-state index contributed by atoms with van der Waals surface area (Å²) in [5.74, 6) is -0.429. The average Bonchev–Trinajstić information content (AvgIpc) is 2.97. The van der Waals surface area contributed by atoms with E-state index in [9.17, 15) is 13.2 Å². The number of rotatable bonds is 4. The summed E-state index contributed by atoms with van der Waals surface area (Å²) in [5.41, 5.74) is 2.60. The van der Waals surface area contributed by atoms with E-state index >= 15 is 0 Å². The minimum absolute atomic E-state index is 0.0969. The maximum absolute atomic E-state index is 13.1. The van der Waals surface area contributed by atoms with Crippen molar-refractivity contribution >= 4 is 33.2 Å². The quantitative estimate of drug-likeness (QED) is 0.827. The van der Waals surface area contributed by atoms with Crippen LogP contribution in [0.5, 0.6) is 0 Å². The lowest BCUT2D eigenvalue weighted by Crippen LogP contribution is -2.48. The first kappa shape index (κ1) is 19.4. The number of fused-ring (bicyclic) bond motifs is 1. The van der Waals surface area contributed by atoms with Gasteiger partial charge in [0, 0.05) is 43.4 Å². The average molecular weight is 420 g/mol. The Kier molecular flexibility index (Phi) is 5.18. The molecule has 1 saturated heterocycles. The summed E-state index contributed by atoms with van der Waals surface area (Å²) in [6.45, 7) is 4.79. The van der Waals surface area contributed by atoms with E-state index in [1.165, 1.54) is 4.31 Å². The van der Waals surface area contributed by atoms with Crippen molar-refractivity contribution in [2.45, 2.75) is 24.3 Å². The molecular formula is C20H22ClN3O3S. The zero-order valence-corrected chi connectivity index (χ0v) is 17.1. The fourth-order valence-corrected chi connectivity index (χ4v) is 5.26. The first-order valence-corrected chi connectivity index (χ1v) is 11.1. The van der Waals surface area contributed by atoms with Gasteiger partial charge in [0.2, 0.25) is 15.9 Å². The smallest absolute Gasteiger partial charge is 0.243 e. The molecule has 0 spiro atoms. The lowest BCUT2D eigenvalue weighted by molar-refractivity contribution is -0.116. The monoisotopic (exact) mass is 419 g/mol. The number of benzene rings is 2. The molecule has 4 rings (SSSR count). The lowest BCUT2D eigenvalue weighted by Gasteiger charge is -2.34. The van der Waals surface area contributed by atoms with E-state index in [2.05, 4.69) is 10.2 Å². The summed E-state index contributed by atoms with van der Waals surface area (Å²) in [5, 5.41) is 3.48. The Morgan fingerprint density at radius 1 is 1.07 bits per heavy atom. The number of piperazine rings is 1. The van der Waals surface area contributed by atoms with Crippen LogP contribution in [0.3, 0.4) is 0 Å². The van der Waals surface area contributed by atoms with Crippen molar-refractivity contribution in [1.29, 1.82) is 0 Å². The van der Waals surface area contributed by atoms with Crippen LogP contribution in [-0.2, 0) is 21.4 Å².